The van der Waals surface area contributed by atoms with Crippen LogP contribution in [0.1, 0.15) is 6.92 Å². The van der Waals surface area contributed by atoms with Crippen LogP contribution in [0.15, 0.2) is 0 Å². The Morgan fingerprint density at radius 3 is 2.25 bits per heavy atom. The standard InChI is InChI=1S/C6H15NS/c1-6-4-7-8(2,3)5-6/h6-7H,4-5H2,1-3H3. The summed E-state index contributed by atoms with van der Waals surface area (Å²) in [7, 11) is -0.345. The molecule has 0 saturated carbocycles. The SMILES string of the molecule is CC1CNS(C)(C)C1. The summed E-state index contributed by atoms with van der Waals surface area (Å²) < 4.78 is 3.53. The molecule has 1 N–H and O–H groups in total. The van der Waals surface area contributed by atoms with E-state index in [0.29, 0.717) is 0 Å². The topological polar surface area (TPSA) is 12.0 Å². The van der Waals surface area contributed by atoms with Gasteiger partial charge in [0.1, 0.15) is 0 Å². The largest absolute Gasteiger partial charge is 0.281 e. The lowest BCUT2D eigenvalue weighted by molar-refractivity contribution is 0.685. The molecule has 1 rings (SSSR count). The van der Waals surface area contributed by atoms with Gasteiger partial charge in [0.05, 0.1) is 0 Å². The van der Waals surface area contributed by atoms with Crippen LogP contribution in [-0.4, -0.2) is 24.8 Å². The second-order valence-corrected chi connectivity index (χ2v) is 6.86. The van der Waals surface area contributed by atoms with Gasteiger partial charge in [0.25, 0.3) is 0 Å². The van der Waals surface area contributed by atoms with Crippen LogP contribution in [-0.2, 0) is 0 Å². The normalized spacial score (nSPS) is 39.6. The van der Waals surface area contributed by atoms with Crippen molar-refractivity contribution in [2.75, 3.05) is 24.8 Å². The maximum atomic E-state index is 3.53. The van der Waals surface area contributed by atoms with E-state index in [2.05, 4.69) is 24.2 Å². The van der Waals surface area contributed by atoms with Gasteiger partial charge in [-0.2, -0.15) is 10.2 Å². The Kier molecular flexibility index (Phi) is 1.54. The van der Waals surface area contributed by atoms with Crippen molar-refractivity contribution < 1.29 is 0 Å². The first-order chi connectivity index (χ1) is 3.60. The molecule has 0 radical (unpaired) electrons. The van der Waals surface area contributed by atoms with E-state index in [-0.39, 0.29) is 10.2 Å². The minimum absolute atomic E-state index is 0.345. The van der Waals surface area contributed by atoms with Gasteiger partial charge in [-0.1, -0.05) is 6.92 Å². The summed E-state index contributed by atoms with van der Waals surface area (Å²) in [6.07, 6.45) is 4.69. The summed E-state index contributed by atoms with van der Waals surface area (Å²) in [5.41, 5.74) is 0. The minimum atomic E-state index is -0.345. The molecule has 50 valence electrons. The van der Waals surface area contributed by atoms with Gasteiger partial charge in [0, 0.05) is 6.54 Å². The van der Waals surface area contributed by atoms with Crippen molar-refractivity contribution in [1.82, 2.24) is 4.72 Å². The molecular formula is C6H15NS. The maximum Gasteiger partial charge on any atom is 0.00769 e. The number of nitrogens with one attached hydrogen (secondary N) is 1. The molecule has 1 atom stereocenters. The van der Waals surface area contributed by atoms with Crippen molar-refractivity contribution in [3.63, 3.8) is 0 Å². The minimum Gasteiger partial charge on any atom is -0.281 e. The Hall–Kier alpha value is 0.310. The van der Waals surface area contributed by atoms with E-state index in [1.54, 1.807) is 0 Å². The van der Waals surface area contributed by atoms with Gasteiger partial charge < -0.3 is 0 Å². The van der Waals surface area contributed by atoms with E-state index in [1.807, 2.05) is 0 Å². The highest BCUT2D eigenvalue weighted by Gasteiger charge is 2.22. The van der Waals surface area contributed by atoms with Crippen LogP contribution < -0.4 is 4.72 Å². The van der Waals surface area contributed by atoms with Crippen molar-refractivity contribution >= 4 is 10.2 Å². The fourth-order valence-electron chi connectivity index (χ4n) is 1.20. The highest BCUT2D eigenvalue weighted by atomic mass is 32.3. The first-order valence-corrected chi connectivity index (χ1v) is 5.68. The molecule has 0 spiro atoms. The van der Waals surface area contributed by atoms with Crippen molar-refractivity contribution in [2.24, 2.45) is 5.92 Å². The molecule has 1 unspecified atom stereocenters. The first-order valence-electron chi connectivity index (χ1n) is 3.06. The van der Waals surface area contributed by atoms with Gasteiger partial charge in [-0.25, -0.2) is 0 Å². The van der Waals surface area contributed by atoms with Crippen LogP contribution in [0.5, 0.6) is 0 Å². The maximum absolute atomic E-state index is 3.53. The lowest BCUT2D eigenvalue weighted by Gasteiger charge is -2.24. The average Bonchev–Trinajstić information content (AvgIpc) is 1.82. The van der Waals surface area contributed by atoms with Crippen molar-refractivity contribution in [3.8, 4) is 0 Å². The molecule has 0 bridgehead atoms. The van der Waals surface area contributed by atoms with Crippen molar-refractivity contribution in [3.05, 3.63) is 0 Å². The zero-order chi connectivity index (χ0) is 6.20. The van der Waals surface area contributed by atoms with Crippen LogP contribution in [0.25, 0.3) is 0 Å². The lowest BCUT2D eigenvalue weighted by Crippen LogP contribution is -2.10. The predicted octanol–water partition coefficient (Wildman–Crippen LogP) is 1.20. The van der Waals surface area contributed by atoms with Gasteiger partial charge >= 0.3 is 0 Å². The first kappa shape index (κ1) is 6.43. The molecule has 1 fully saturated rings. The average molecular weight is 133 g/mol. The van der Waals surface area contributed by atoms with Gasteiger partial charge in [-0.15, -0.1) is 0 Å². The van der Waals surface area contributed by atoms with Crippen molar-refractivity contribution in [1.29, 1.82) is 0 Å². The summed E-state index contributed by atoms with van der Waals surface area (Å²) in [6, 6.07) is 0. The lowest BCUT2D eigenvalue weighted by atomic mass is 10.2. The Labute approximate surface area is 53.3 Å². The fraction of sp³-hybridized carbons (Fsp3) is 1.00. The van der Waals surface area contributed by atoms with E-state index in [0.717, 1.165) is 5.92 Å². The Morgan fingerprint density at radius 2 is 2.12 bits per heavy atom. The Morgan fingerprint density at radius 1 is 1.50 bits per heavy atom. The van der Waals surface area contributed by atoms with Crippen LogP contribution >= 0.6 is 10.2 Å². The van der Waals surface area contributed by atoms with E-state index in [9.17, 15) is 0 Å². The molecule has 0 aliphatic carbocycles. The highest BCUT2D eigenvalue weighted by Crippen LogP contribution is 2.41. The second kappa shape index (κ2) is 1.92. The molecule has 0 aromatic heterocycles. The third kappa shape index (κ3) is 1.39. The summed E-state index contributed by atoms with van der Waals surface area (Å²) in [5.74, 6) is 2.33. The highest BCUT2D eigenvalue weighted by molar-refractivity contribution is 8.31. The molecule has 0 aromatic carbocycles. The van der Waals surface area contributed by atoms with Gasteiger partial charge in [0.2, 0.25) is 0 Å². The zero-order valence-corrected chi connectivity index (χ0v) is 6.72. The van der Waals surface area contributed by atoms with Gasteiger partial charge in [-0.3, -0.25) is 4.72 Å². The summed E-state index contributed by atoms with van der Waals surface area (Å²) in [4.78, 5) is 0. The monoisotopic (exact) mass is 133 g/mol. The van der Waals surface area contributed by atoms with E-state index >= 15 is 0 Å². The quantitative estimate of drug-likeness (QED) is 0.523. The van der Waals surface area contributed by atoms with Crippen LogP contribution in [0, 0.1) is 5.92 Å². The second-order valence-electron chi connectivity index (χ2n) is 3.16. The zero-order valence-electron chi connectivity index (χ0n) is 5.90. The van der Waals surface area contributed by atoms with Crippen LogP contribution in [0.4, 0.5) is 0 Å². The Balaban J connectivity index is 2.44. The fourth-order valence-corrected chi connectivity index (χ4v) is 3.59. The molecular weight excluding hydrogens is 118 g/mol. The molecule has 1 nitrogen and oxygen atoms in total. The predicted molar refractivity (Wildman–Crippen MR) is 41.5 cm³/mol. The summed E-state index contributed by atoms with van der Waals surface area (Å²) in [5, 5.41) is 0. The molecule has 1 aliphatic heterocycles. The third-order valence-corrected chi connectivity index (χ3v) is 3.87. The van der Waals surface area contributed by atoms with E-state index < -0.39 is 0 Å². The molecule has 0 aromatic rings. The van der Waals surface area contributed by atoms with E-state index in [4.69, 9.17) is 0 Å². The molecule has 1 aliphatic rings. The van der Waals surface area contributed by atoms with Crippen LogP contribution in [0.2, 0.25) is 0 Å². The van der Waals surface area contributed by atoms with Crippen LogP contribution in [0.3, 0.4) is 0 Å². The molecule has 1 saturated heterocycles. The van der Waals surface area contributed by atoms with Gasteiger partial charge in [0.15, 0.2) is 0 Å². The Bertz CT molecular complexity index is 90.5. The number of rotatable bonds is 0. The van der Waals surface area contributed by atoms with Crippen molar-refractivity contribution in [2.45, 2.75) is 6.92 Å². The number of hydrogen-bond donors (Lipinski definition) is 1. The third-order valence-electron chi connectivity index (χ3n) is 1.52. The molecule has 0 amide bonds. The number of hydrogen-bond acceptors (Lipinski definition) is 1. The van der Waals surface area contributed by atoms with Gasteiger partial charge in [-0.05, 0) is 24.2 Å². The summed E-state index contributed by atoms with van der Waals surface area (Å²) >= 11 is 0. The summed E-state index contributed by atoms with van der Waals surface area (Å²) in [6.45, 7) is 3.55. The molecule has 1 heterocycles. The molecule has 8 heavy (non-hydrogen) atoms. The molecule has 2 heteroatoms. The smallest absolute Gasteiger partial charge is 0.00769 e. The van der Waals surface area contributed by atoms with E-state index in [1.165, 1.54) is 12.3 Å².